The highest BCUT2D eigenvalue weighted by Gasteiger charge is 2.49. The number of nitrogens with two attached hydrogens (primary N) is 1. The smallest absolute Gasteiger partial charge is 0.148 e. The van der Waals surface area contributed by atoms with Gasteiger partial charge in [-0.1, -0.05) is 30.3 Å². The van der Waals surface area contributed by atoms with Crippen LogP contribution in [0.5, 0.6) is 0 Å². The lowest BCUT2D eigenvalue weighted by atomic mass is 9.95. The van der Waals surface area contributed by atoms with Gasteiger partial charge in [-0.15, -0.1) is 0 Å². The molecule has 0 radical (unpaired) electrons. The molecule has 2 aromatic rings. The lowest BCUT2D eigenvalue weighted by molar-refractivity contribution is 0.745. The predicted molar refractivity (Wildman–Crippen MR) is 81.3 cm³/mol. The van der Waals surface area contributed by atoms with Crippen molar-refractivity contribution in [3.05, 3.63) is 53.0 Å². The van der Waals surface area contributed by atoms with Crippen LogP contribution in [-0.4, -0.2) is 9.97 Å². The fourth-order valence-electron chi connectivity index (χ4n) is 2.91. The van der Waals surface area contributed by atoms with Crippen LogP contribution in [0, 0.1) is 0 Å². The highest BCUT2D eigenvalue weighted by molar-refractivity contribution is 7.98. The summed E-state index contributed by atoms with van der Waals surface area (Å²) in [5.41, 5.74) is 6.40. The predicted octanol–water partition coefficient (Wildman–Crippen LogP) is 2.59. The summed E-state index contributed by atoms with van der Waals surface area (Å²) < 4.78 is 0. The zero-order chi connectivity index (χ0) is 13.6. The molecule has 102 valence electrons. The van der Waals surface area contributed by atoms with Gasteiger partial charge in [0, 0.05) is 17.1 Å². The van der Waals surface area contributed by atoms with E-state index in [1.807, 2.05) is 17.8 Å². The molecular weight excluding hydrogens is 268 g/mol. The van der Waals surface area contributed by atoms with Gasteiger partial charge in [0.2, 0.25) is 0 Å². The zero-order valence-electron chi connectivity index (χ0n) is 11.1. The van der Waals surface area contributed by atoms with Gasteiger partial charge in [0.15, 0.2) is 0 Å². The molecule has 0 saturated heterocycles. The number of fused-ring (bicyclic) bond motifs is 1. The van der Waals surface area contributed by atoms with Crippen LogP contribution < -0.4 is 11.3 Å². The van der Waals surface area contributed by atoms with Crippen LogP contribution in [-0.2, 0) is 16.9 Å². The van der Waals surface area contributed by atoms with Gasteiger partial charge in [-0.2, -0.15) is 11.8 Å². The molecule has 1 saturated carbocycles. The van der Waals surface area contributed by atoms with Crippen molar-refractivity contribution < 1.29 is 0 Å². The second-order valence-electron chi connectivity index (χ2n) is 5.41. The van der Waals surface area contributed by atoms with Gasteiger partial charge in [-0.25, -0.2) is 15.8 Å². The summed E-state index contributed by atoms with van der Waals surface area (Å²) in [5.74, 6) is 9.29. The first kappa shape index (κ1) is 12.2. The van der Waals surface area contributed by atoms with E-state index >= 15 is 0 Å². The Bertz CT molecular complexity index is 652. The number of nitrogens with one attached hydrogen (secondary N) is 1. The maximum Gasteiger partial charge on any atom is 0.148 e. The Labute approximate surface area is 122 Å². The van der Waals surface area contributed by atoms with E-state index in [4.69, 9.17) is 15.8 Å². The molecule has 1 aromatic heterocycles. The van der Waals surface area contributed by atoms with E-state index < -0.39 is 0 Å². The summed E-state index contributed by atoms with van der Waals surface area (Å²) in [5, 5.41) is 0. The van der Waals surface area contributed by atoms with E-state index in [9.17, 15) is 0 Å². The third-order valence-electron chi connectivity index (χ3n) is 4.22. The van der Waals surface area contributed by atoms with Crippen molar-refractivity contribution in [2.24, 2.45) is 5.84 Å². The Hall–Kier alpha value is -1.59. The molecular formula is C15H16N4S. The van der Waals surface area contributed by atoms with Gasteiger partial charge in [0.05, 0.1) is 11.1 Å². The van der Waals surface area contributed by atoms with Gasteiger partial charge in [-0.3, -0.25) is 0 Å². The number of anilines is 1. The van der Waals surface area contributed by atoms with Crippen LogP contribution in [0.15, 0.2) is 30.3 Å². The average Bonchev–Trinajstić information content (AvgIpc) is 3.19. The van der Waals surface area contributed by atoms with Gasteiger partial charge < -0.3 is 5.43 Å². The first-order valence-electron chi connectivity index (χ1n) is 6.84. The summed E-state index contributed by atoms with van der Waals surface area (Å²) >= 11 is 1.87. The first-order valence-corrected chi connectivity index (χ1v) is 7.99. The van der Waals surface area contributed by atoms with Crippen molar-refractivity contribution >= 4 is 17.6 Å². The van der Waals surface area contributed by atoms with Crippen LogP contribution in [0.3, 0.4) is 0 Å². The first-order chi connectivity index (χ1) is 9.83. The van der Waals surface area contributed by atoms with Gasteiger partial charge in [0.25, 0.3) is 0 Å². The van der Waals surface area contributed by atoms with E-state index in [1.54, 1.807) is 0 Å². The van der Waals surface area contributed by atoms with Crippen molar-refractivity contribution in [2.45, 2.75) is 29.8 Å². The number of hydrazine groups is 1. The Kier molecular flexibility index (Phi) is 2.72. The number of nitrogen functional groups attached to an aromatic ring is 1. The fourth-order valence-corrected chi connectivity index (χ4v) is 3.95. The number of rotatable bonds is 3. The highest BCUT2D eigenvalue weighted by atomic mass is 32.2. The zero-order valence-corrected chi connectivity index (χ0v) is 11.9. The number of hydrogen-bond acceptors (Lipinski definition) is 5. The van der Waals surface area contributed by atoms with Crippen LogP contribution in [0.4, 0.5) is 5.82 Å². The second-order valence-corrected chi connectivity index (χ2v) is 6.39. The van der Waals surface area contributed by atoms with E-state index in [0.29, 0.717) is 0 Å². The SMILES string of the molecule is NNc1nc(C2(c3ccccc3)CC2)nc2c1CSC2. The molecule has 1 fully saturated rings. The molecule has 1 aliphatic heterocycles. The number of aromatic nitrogens is 2. The van der Waals surface area contributed by atoms with Crippen molar-refractivity contribution in [1.82, 2.24) is 9.97 Å². The third-order valence-corrected chi connectivity index (χ3v) is 5.19. The average molecular weight is 284 g/mol. The molecule has 0 bridgehead atoms. The summed E-state index contributed by atoms with van der Waals surface area (Å²) in [4.78, 5) is 9.56. The van der Waals surface area contributed by atoms with Crippen molar-refractivity contribution in [3.63, 3.8) is 0 Å². The molecule has 1 aliphatic carbocycles. The maximum absolute atomic E-state index is 5.64. The Balaban J connectivity index is 1.84. The summed E-state index contributed by atoms with van der Waals surface area (Å²) in [7, 11) is 0. The van der Waals surface area contributed by atoms with Gasteiger partial charge >= 0.3 is 0 Å². The summed E-state index contributed by atoms with van der Waals surface area (Å²) in [6.07, 6.45) is 2.24. The number of thioether (sulfide) groups is 1. The Morgan fingerprint density at radius 3 is 2.60 bits per heavy atom. The normalized spacial score (nSPS) is 18.6. The molecule has 20 heavy (non-hydrogen) atoms. The molecule has 1 aromatic carbocycles. The summed E-state index contributed by atoms with van der Waals surface area (Å²) in [6.45, 7) is 0. The lowest BCUT2D eigenvalue weighted by Crippen LogP contribution is -2.19. The van der Waals surface area contributed by atoms with Crippen LogP contribution in [0.25, 0.3) is 0 Å². The Morgan fingerprint density at radius 1 is 1.10 bits per heavy atom. The van der Waals surface area contributed by atoms with Crippen molar-refractivity contribution in [2.75, 3.05) is 5.43 Å². The molecule has 5 heteroatoms. The standard InChI is InChI=1S/C15H16N4S/c16-19-13-11-8-20-9-12(11)17-14(18-13)15(6-7-15)10-4-2-1-3-5-10/h1-5H,6-9,16H2,(H,17,18,19). The molecule has 0 unspecified atom stereocenters. The quantitative estimate of drug-likeness (QED) is 0.670. The van der Waals surface area contributed by atoms with Crippen molar-refractivity contribution in [3.8, 4) is 0 Å². The fraction of sp³-hybridized carbons (Fsp3) is 0.333. The molecule has 3 N–H and O–H groups in total. The molecule has 4 nitrogen and oxygen atoms in total. The number of nitrogens with zero attached hydrogens (tertiary/aromatic N) is 2. The number of benzene rings is 1. The minimum Gasteiger partial charge on any atom is -0.308 e. The Morgan fingerprint density at radius 2 is 1.90 bits per heavy atom. The topological polar surface area (TPSA) is 63.8 Å². The molecule has 0 spiro atoms. The van der Waals surface area contributed by atoms with E-state index in [-0.39, 0.29) is 5.41 Å². The largest absolute Gasteiger partial charge is 0.308 e. The number of hydrogen-bond donors (Lipinski definition) is 2. The van der Waals surface area contributed by atoms with Crippen LogP contribution >= 0.6 is 11.8 Å². The maximum atomic E-state index is 5.64. The lowest BCUT2D eigenvalue weighted by Gasteiger charge is -2.17. The highest BCUT2D eigenvalue weighted by Crippen LogP contribution is 2.52. The van der Waals surface area contributed by atoms with Crippen LogP contribution in [0.2, 0.25) is 0 Å². The monoisotopic (exact) mass is 284 g/mol. The minimum atomic E-state index is 0.00907. The van der Waals surface area contributed by atoms with E-state index in [2.05, 4.69) is 29.7 Å². The molecule has 0 atom stereocenters. The molecule has 2 aliphatic rings. The van der Waals surface area contributed by atoms with Gasteiger partial charge in [-0.05, 0) is 18.4 Å². The third kappa shape index (κ3) is 1.73. The second kappa shape index (κ2) is 4.46. The molecule has 2 heterocycles. The van der Waals surface area contributed by atoms with Crippen molar-refractivity contribution in [1.29, 1.82) is 0 Å². The van der Waals surface area contributed by atoms with E-state index in [1.165, 1.54) is 11.1 Å². The minimum absolute atomic E-state index is 0.00907. The van der Waals surface area contributed by atoms with E-state index in [0.717, 1.165) is 41.7 Å². The molecule has 4 rings (SSSR count). The summed E-state index contributed by atoms with van der Waals surface area (Å²) in [6, 6.07) is 10.6. The molecule has 0 amide bonds. The van der Waals surface area contributed by atoms with Crippen LogP contribution in [0.1, 0.15) is 35.5 Å². The van der Waals surface area contributed by atoms with Gasteiger partial charge in [0.1, 0.15) is 11.6 Å².